The molecular formula is C15H14BrF2N. The van der Waals surface area contributed by atoms with Crippen LogP contribution in [0, 0.1) is 18.6 Å². The Balaban J connectivity index is 2.26. The van der Waals surface area contributed by atoms with Crippen molar-refractivity contribution >= 4 is 21.6 Å². The van der Waals surface area contributed by atoms with E-state index >= 15 is 0 Å². The van der Waals surface area contributed by atoms with Gasteiger partial charge in [0.05, 0.1) is 0 Å². The molecule has 2 aromatic rings. The van der Waals surface area contributed by atoms with Gasteiger partial charge < -0.3 is 5.32 Å². The maximum Gasteiger partial charge on any atom is 0.152 e. The van der Waals surface area contributed by atoms with Crippen molar-refractivity contribution in [2.24, 2.45) is 0 Å². The number of hydrogen-bond donors (Lipinski definition) is 1. The van der Waals surface area contributed by atoms with E-state index in [0.29, 0.717) is 5.56 Å². The zero-order valence-corrected chi connectivity index (χ0v) is 12.3. The van der Waals surface area contributed by atoms with Crippen LogP contribution in [0.25, 0.3) is 0 Å². The highest BCUT2D eigenvalue weighted by atomic mass is 79.9. The van der Waals surface area contributed by atoms with E-state index in [9.17, 15) is 8.78 Å². The molecule has 1 N–H and O–H groups in total. The minimum atomic E-state index is -0.577. The van der Waals surface area contributed by atoms with Crippen molar-refractivity contribution in [3.8, 4) is 0 Å². The Kier molecular flexibility index (Phi) is 4.20. The molecule has 0 amide bonds. The van der Waals surface area contributed by atoms with Gasteiger partial charge in [-0.25, -0.2) is 8.78 Å². The van der Waals surface area contributed by atoms with Crippen LogP contribution in [0.4, 0.5) is 14.5 Å². The third kappa shape index (κ3) is 3.13. The molecule has 0 fully saturated rings. The summed E-state index contributed by atoms with van der Waals surface area (Å²) in [5.74, 6) is -1.11. The highest BCUT2D eigenvalue weighted by Gasteiger charge is 2.14. The predicted molar refractivity (Wildman–Crippen MR) is 77.3 cm³/mol. The van der Waals surface area contributed by atoms with E-state index in [1.165, 1.54) is 12.1 Å². The molecule has 0 bridgehead atoms. The van der Waals surface area contributed by atoms with Crippen LogP contribution in [0.2, 0.25) is 0 Å². The molecule has 1 atom stereocenters. The van der Waals surface area contributed by atoms with Crippen molar-refractivity contribution < 1.29 is 8.78 Å². The van der Waals surface area contributed by atoms with E-state index in [1.807, 2.05) is 31.2 Å². The second-order valence-corrected chi connectivity index (χ2v) is 5.39. The van der Waals surface area contributed by atoms with Crippen LogP contribution in [0.15, 0.2) is 40.9 Å². The fourth-order valence-corrected chi connectivity index (χ4v) is 2.10. The van der Waals surface area contributed by atoms with E-state index in [-0.39, 0.29) is 11.7 Å². The predicted octanol–water partition coefficient (Wildman–Crippen LogP) is 5.21. The van der Waals surface area contributed by atoms with Crippen molar-refractivity contribution in [3.05, 3.63) is 63.6 Å². The van der Waals surface area contributed by atoms with Crippen molar-refractivity contribution in [1.29, 1.82) is 0 Å². The third-order valence-electron chi connectivity index (χ3n) is 3.02. The van der Waals surface area contributed by atoms with Crippen LogP contribution in [0.1, 0.15) is 24.1 Å². The molecule has 0 radical (unpaired) electrons. The lowest BCUT2D eigenvalue weighted by atomic mass is 10.1. The van der Waals surface area contributed by atoms with Crippen molar-refractivity contribution in [3.63, 3.8) is 0 Å². The highest BCUT2D eigenvalue weighted by Crippen LogP contribution is 2.26. The van der Waals surface area contributed by atoms with E-state index in [1.54, 1.807) is 6.92 Å². The molecule has 2 aromatic carbocycles. The molecule has 4 heteroatoms. The van der Waals surface area contributed by atoms with Gasteiger partial charge in [0, 0.05) is 10.5 Å². The number of aryl methyl sites for hydroxylation is 1. The first-order valence-electron chi connectivity index (χ1n) is 5.95. The summed E-state index contributed by atoms with van der Waals surface area (Å²) in [5, 5.41) is 2.89. The summed E-state index contributed by atoms with van der Waals surface area (Å²) < 4.78 is 28.5. The average Bonchev–Trinajstić information content (AvgIpc) is 2.40. The van der Waals surface area contributed by atoms with Crippen LogP contribution in [0.3, 0.4) is 0 Å². The molecule has 0 saturated carbocycles. The van der Waals surface area contributed by atoms with Gasteiger partial charge in [0.25, 0.3) is 0 Å². The lowest BCUT2D eigenvalue weighted by Gasteiger charge is -2.17. The number of nitrogens with one attached hydrogen (secondary N) is 1. The standard InChI is InChI=1S/C15H14BrF2N/c1-9-3-8-13(17)15(14(9)18)19-10(2)11-4-6-12(16)7-5-11/h3-8,10,19H,1-2H3. The van der Waals surface area contributed by atoms with Gasteiger partial charge in [0.1, 0.15) is 11.5 Å². The zero-order chi connectivity index (χ0) is 14.0. The smallest absolute Gasteiger partial charge is 0.152 e. The first-order chi connectivity index (χ1) is 8.99. The van der Waals surface area contributed by atoms with E-state index < -0.39 is 11.6 Å². The second-order valence-electron chi connectivity index (χ2n) is 4.47. The van der Waals surface area contributed by atoms with Crippen molar-refractivity contribution in [2.45, 2.75) is 19.9 Å². The lowest BCUT2D eigenvalue weighted by molar-refractivity contribution is 0.579. The summed E-state index contributed by atoms with van der Waals surface area (Å²) in [6, 6.07) is 10.1. The van der Waals surface area contributed by atoms with Gasteiger partial charge in [0.15, 0.2) is 5.82 Å². The summed E-state index contributed by atoms with van der Waals surface area (Å²) in [6.45, 7) is 3.48. The fraction of sp³-hybridized carbons (Fsp3) is 0.200. The van der Waals surface area contributed by atoms with Gasteiger partial charge in [-0.1, -0.05) is 34.1 Å². The zero-order valence-electron chi connectivity index (χ0n) is 10.7. The normalized spacial score (nSPS) is 12.3. The largest absolute Gasteiger partial charge is 0.374 e. The Morgan fingerprint density at radius 3 is 2.32 bits per heavy atom. The molecule has 0 saturated heterocycles. The van der Waals surface area contributed by atoms with Gasteiger partial charge >= 0.3 is 0 Å². The number of halogens is 3. The number of benzene rings is 2. The molecule has 1 nitrogen and oxygen atoms in total. The quantitative estimate of drug-likeness (QED) is 0.816. The highest BCUT2D eigenvalue weighted by molar-refractivity contribution is 9.10. The minimum Gasteiger partial charge on any atom is -0.374 e. The first-order valence-corrected chi connectivity index (χ1v) is 6.75. The molecule has 2 rings (SSSR count). The van der Waals surface area contributed by atoms with Gasteiger partial charge in [-0.3, -0.25) is 0 Å². The van der Waals surface area contributed by atoms with E-state index in [0.717, 1.165) is 10.0 Å². The Morgan fingerprint density at radius 1 is 1.05 bits per heavy atom. The Hall–Kier alpha value is -1.42. The number of rotatable bonds is 3. The molecule has 0 aliphatic heterocycles. The van der Waals surface area contributed by atoms with Crippen molar-refractivity contribution in [2.75, 3.05) is 5.32 Å². The molecule has 0 aliphatic carbocycles. The van der Waals surface area contributed by atoms with Gasteiger partial charge in [0.2, 0.25) is 0 Å². The first kappa shape index (κ1) is 14.0. The molecule has 1 unspecified atom stereocenters. The molecule has 0 aromatic heterocycles. The van der Waals surface area contributed by atoms with Crippen LogP contribution >= 0.6 is 15.9 Å². The topological polar surface area (TPSA) is 12.0 Å². The Morgan fingerprint density at radius 2 is 1.68 bits per heavy atom. The molecule has 100 valence electrons. The maximum atomic E-state index is 13.9. The Bertz CT molecular complexity index is 581. The average molecular weight is 326 g/mol. The summed E-state index contributed by atoms with van der Waals surface area (Å²) >= 11 is 3.35. The summed E-state index contributed by atoms with van der Waals surface area (Å²) in [5.41, 5.74) is 1.31. The van der Waals surface area contributed by atoms with E-state index in [2.05, 4.69) is 21.2 Å². The second kappa shape index (κ2) is 5.70. The van der Waals surface area contributed by atoms with Crippen LogP contribution in [0.5, 0.6) is 0 Å². The molecule has 0 heterocycles. The van der Waals surface area contributed by atoms with Crippen LogP contribution in [-0.4, -0.2) is 0 Å². The summed E-state index contributed by atoms with van der Waals surface area (Å²) in [4.78, 5) is 0. The van der Waals surface area contributed by atoms with Crippen LogP contribution < -0.4 is 5.32 Å². The SMILES string of the molecule is Cc1ccc(F)c(NC(C)c2ccc(Br)cc2)c1F. The van der Waals surface area contributed by atoms with Gasteiger partial charge in [-0.05, 0) is 43.2 Å². The summed E-state index contributed by atoms with van der Waals surface area (Å²) in [6.07, 6.45) is 0. The third-order valence-corrected chi connectivity index (χ3v) is 3.54. The van der Waals surface area contributed by atoms with E-state index in [4.69, 9.17) is 0 Å². The van der Waals surface area contributed by atoms with Crippen LogP contribution in [-0.2, 0) is 0 Å². The minimum absolute atomic E-state index is 0.0737. The lowest BCUT2D eigenvalue weighted by Crippen LogP contribution is -2.10. The Labute approximate surface area is 119 Å². The maximum absolute atomic E-state index is 13.9. The number of hydrogen-bond acceptors (Lipinski definition) is 1. The molecule has 0 spiro atoms. The molecular weight excluding hydrogens is 312 g/mol. The van der Waals surface area contributed by atoms with Crippen molar-refractivity contribution in [1.82, 2.24) is 0 Å². The number of anilines is 1. The van der Waals surface area contributed by atoms with Gasteiger partial charge in [-0.15, -0.1) is 0 Å². The monoisotopic (exact) mass is 325 g/mol. The van der Waals surface area contributed by atoms with Gasteiger partial charge in [-0.2, -0.15) is 0 Å². The molecule has 19 heavy (non-hydrogen) atoms. The molecule has 0 aliphatic rings. The summed E-state index contributed by atoms with van der Waals surface area (Å²) in [7, 11) is 0. The fourth-order valence-electron chi connectivity index (χ4n) is 1.84.